The van der Waals surface area contributed by atoms with E-state index in [1.54, 1.807) is 12.1 Å². The first-order valence-corrected chi connectivity index (χ1v) is 6.97. The molecule has 1 fully saturated rings. The van der Waals surface area contributed by atoms with Gasteiger partial charge in [0.25, 0.3) is 0 Å². The second-order valence-corrected chi connectivity index (χ2v) is 5.15. The van der Waals surface area contributed by atoms with Crippen LogP contribution in [-0.2, 0) is 10.9 Å². The van der Waals surface area contributed by atoms with Crippen LogP contribution in [-0.4, -0.2) is 18.0 Å². The number of benzene rings is 1. The average Bonchev–Trinajstić information content (AvgIpc) is 2.38. The van der Waals surface area contributed by atoms with Crippen molar-refractivity contribution in [1.29, 1.82) is 0 Å². The molecule has 1 aromatic rings. The van der Waals surface area contributed by atoms with Crippen LogP contribution in [0, 0.1) is 0 Å². The molecule has 1 nitrogen and oxygen atoms in total. The molecule has 18 heavy (non-hydrogen) atoms. The van der Waals surface area contributed by atoms with Crippen LogP contribution >= 0.6 is 15.9 Å². The van der Waals surface area contributed by atoms with E-state index < -0.39 is 11.7 Å². The van der Waals surface area contributed by atoms with E-state index in [4.69, 9.17) is 4.74 Å². The standard InChI is InChI=1S/C13H14BrF3O/c14-7-12-6-3-10(8-18-12)9-1-4-11(5-2-9)13(15,16)17/h1-2,4-5,10,12H,3,6-8H2/t10-,12-/m0/s1. The highest BCUT2D eigenvalue weighted by atomic mass is 79.9. The fourth-order valence-electron chi connectivity index (χ4n) is 2.13. The molecule has 0 radical (unpaired) electrons. The number of halogens is 4. The summed E-state index contributed by atoms with van der Waals surface area (Å²) in [5.74, 6) is 0.211. The first-order chi connectivity index (χ1) is 8.50. The summed E-state index contributed by atoms with van der Waals surface area (Å²) in [5.41, 5.74) is 0.331. The summed E-state index contributed by atoms with van der Waals surface area (Å²) in [6, 6.07) is 5.41. The Morgan fingerprint density at radius 2 is 1.83 bits per heavy atom. The Balaban J connectivity index is 2.02. The predicted octanol–water partition coefficient (Wildman–Crippen LogP) is 4.36. The molecular weight excluding hydrogens is 309 g/mol. The van der Waals surface area contributed by atoms with Crippen LogP contribution in [0.3, 0.4) is 0 Å². The zero-order valence-corrected chi connectivity index (χ0v) is 11.3. The highest BCUT2D eigenvalue weighted by Crippen LogP contribution is 2.32. The number of hydrogen-bond donors (Lipinski definition) is 0. The highest BCUT2D eigenvalue weighted by Gasteiger charge is 2.30. The minimum absolute atomic E-state index is 0.211. The summed E-state index contributed by atoms with van der Waals surface area (Å²) in [4.78, 5) is 0. The molecule has 2 atom stereocenters. The van der Waals surface area contributed by atoms with E-state index in [-0.39, 0.29) is 12.0 Å². The van der Waals surface area contributed by atoms with Crippen molar-refractivity contribution in [1.82, 2.24) is 0 Å². The molecule has 0 aliphatic carbocycles. The number of rotatable bonds is 2. The molecule has 0 amide bonds. The summed E-state index contributed by atoms with van der Waals surface area (Å²) in [5, 5.41) is 0.812. The maximum atomic E-state index is 12.4. The van der Waals surface area contributed by atoms with Gasteiger partial charge in [-0.2, -0.15) is 13.2 Å². The van der Waals surface area contributed by atoms with E-state index in [1.165, 1.54) is 0 Å². The second kappa shape index (κ2) is 5.61. The number of ether oxygens (including phenoxy) is 1. The molecule has 0 unspecified atom stereocenters. The molecule has 0 aromatic heterocycles. The van der Waals surface area contributed by atoms with Gasteiger partial charge in [0.05, 0.1) is 18.3 Å². The smallest absolute Gasteiger partial charge is 0.377 e. The van der Waals surface area contributed by atoms with Crippen molar-refractivity contribution in [3.8, 4) is 0 Å². The molecule has 100 valence electrons. The van der Waals surface area contributed by atoms with Crippen molar-refractivity contribution in [2.75, 3.05) is 11.9 Å². The fourth-order valence-corrected chi connectivity index (χ4v) is 2.65. The third-order valence-electron chi connectivity index (χ3n) is 3.25. The maximum absolute atomic E-state index is 12.4. The molecule has 1 aromatic carbocycles. The topological polar surface area (TPSA) is 9.23 Å². The Hall–Kier alpha value is -0.550. The van der Waals surface area contributed by atoms with E-state index in [1.807, 2.05) is 0 Å². The van der Waals surface area contributed by atoms with Gasteiger partial charge in [0.15, 0.2) is 0 Å². The molecule has 0 N–H and O–H groups in total. The lowest BCUT2D eigenvalue weighted by Gasteiger charge is -2.28. The number of hydrogen-bond acceptors (Lipinski definition) is 1. The highest BCUT2D eigenvalue weighted by molar-refractivity contribution is 9.09. The van der Waals surface area contributed by atoms with Crippen molar-refractivity contribution in [2.45, 2.75) is 31.0 Å². The normalized spacial score (nSPS) is 25.1. The second-order valence-electron chi connectivity index (χ2n) is 4.50. The van der Waals surface area contributed by atoms with Crippen molar-refractivity contribution >= 4 is 15.9 Å². The van der Waals surface area contributed by atoms with E-state index in [0.717, 1.165) is 35.9 Å². The first kappa shape index (κ1) is 13.9. The summed E-state index contributed by atoms with van der Waals surface area (Å²) in [7, 11) is 0. The molecule has 1 aliphatic heterocycles. The lowest BCUT2D eigenvalue weighted by Crippen LogP contribution is -2.25. The Morgan fingerprint density at radius 1 is 1.17 bits per heavy atom. The Bertz CT molecular complexity index is 380. The Kier molecular flexibility index (Phi) is 4.33. The maximum Gasteiger partial charge on any atom is 0.416 e. The van der Waals surface area contributed by atoms with Crippen LogP contribution in [0.5, 0.6) is 0 Å². The molecular formula is C13H14BrF3O. The Labute approximate surface area is 112 Å². The fraction of sp³-hybridized carbons (Fsp3) is 0.538. The minimum atomic E-state index is -4.26. The molecule has 1 heterocycles. The van der Waals surface area contributed by atoms with Crippen molar-refractivity contribution in [3.05, 3.63) is 35.4 Å². The molecule has 0 spiro atoms. The first-order valence-electron chi connectivity index (χ1n) is 5.85. The zero-order chi connectivity index (χ0) is 13.2. The van der Waals surface area contributed by atoms with Crippen LogP contribution in [0.4, 0.5) is 13.2 Å². The van der Waals surface area contributed by atoms with Gasteiger partial charge < -0.3 is 4.74 Å². The van der Waals surface area contributed by atoms with Crippen LogP contribution < -0.4 is 0 Å². The van der Waals surface area contributed by atoms with Gasteiger partial charge in [-0.25, -0.2) is 0 Å². The van der Waals surface area contributed by atoms with Crippen molar-refractivity contribution in [2.24, 2.45) is 0 Å². The summed E-state index contributed by atoms with van der Waals surface area (Å²) < 4.78 is 42.9. The van der Waals surface area contributed by atoms with Gasteiger partial charge in [-0.1, -0.05) is 28.1 Å². The molecule has 1 aliphatic rings. The van der Waals surface area contributed by atoms with Gasteiger partial charge in [0.1, 0.15) is 0 Å². The van der Waals surface area contributed by atoms with Gasteiger partial charge in [0.2, 0.25) is 0 Å². The quantitative estimate of drug-likeness (QED) is 0.735. The summed E-state index contributed by atoms with van der Waals surface area (Å²) >= 11 is 3.37. The van der Waals surface area contributed by atoms with E-state index in [2.05, 4.69) is 15.9 Å². The minimum Gasteiger partial charge on any atom is -0.377 e. The molecule has 0 bridgehead atoms. The molecule has 1 saturated heterocycles. The lowest BCUT2D eigenvalue weighted by atomic mass is 9.91. The van der Waals surface area contributed by atoms with Crippen LogP contribution in [0.1, 0.15) is 29.9 Å². The average molecular weight is 323 g/mol. The summed E-state index contributed by atoms with van der Waals surface area (Å²) in [6.45, 7) is 0.585. The zero-order valence-electron chi connectivity index (χ0n) is 9.71. The monoisotopic (exact) mass is 322 g/mol. The lowest BCUT2D eigenvalue weighted by molar-refractivity contribution is -0.137. The number of alkyl halides is 4. The van der Waals surface area contributed by atoms with E-state index >= 15 is 0 Å². The Morgan fingerprint density at radius 3 is 2.28 bits per heavy atom. The van der Waals surface area contributed by atoms with Crippen molar-refractivity contribution in [3.63, 3.8) is 0 Å². The third-order valence-corrected chi connectivity index (χ3v) is 3.97. The molecule has 0 saturated carbocycles. The van der Waals surface area contributed by atoms with Gasteiger partial charge in [-0.05, 0) is 30.5 Å². The van der Waals surface area contributed by atoms with Crippen LogP contribution in [0.15, 0.2) is 24.3 Å². The van der Waals surface area contributed by atoms with Gasteiger partial charge in [-0.3, -0.25) is 0 Å². The van der Waals surface area contributed by atoms with Crippen LogP contribution in [0.2, 0.25) is 0 Å². The van der Waals surface area contributed by atoms with Gasteiger partial charge in [-0.15, -0.1) is 0 Å². The third kappa shape index (κ3) is 3.26. The molecule has 5 heteroatoms. The largest absolute Gasteiger partial charge is 0.416 e. The molecule has 2 rings (SSSR count). The SMILES string of the molecule is FC(F)(F)c1ccc([C@H]2CC[C@@H](CBr)OC2)cc1. The van der Waals surface area contributed by atoms with E-state index in [0.29, 0.717) is 6.61 Å². The van der Waals surface area contributed by atoms with E-state index in [9.17, 15) is 13.2 Å². The van der Waals surface area contributed by atoms with Crippen LogP contribution in [0.25, 0.3) is 0 Å². The summed E-state index contributed by atoms with van der Waals surface area (Å²) in [6.07, 6.45) is -2.13. The predicted molar refractivity (Wildman–Crippen MR) is 67.0 cm³/mol. The van der Waals surface area contributed by atoms with Gasteiger partial charge in [0, 0.05) is 11.2 Å². The van der Waals surface area contributed by atoms with Gasteiger partial charge >= 0.3 is 6.18 Å². The van der Waals surface area contributed by atoms with Crippen molar-refractivity contribution < 1.29 is 17.9 Å².